The monoisotopic (exact) mass is 811 g/mol. The third-order valence-electron chi connectivity index (χ3n) is 13.8. The molecule has 1 nitrogen and oxygen atoms in total. The number of nitrogens with zero attached hydrogens (tertiary/aromatic N) is 1. The molecule has 0 unspecified atom stereocenters. The first kappa shape index (κ1) is 36.4. The average molecular weight is 812 g/mol. The van der Waals surface area contributed by atoms with Gasteiger partial charge in [-0.05, 0) is 131 Å². The summed E-state index contributed by atoms with van der Waals surface area (Å²) in [6.07, 6.45) is 0. The molecule has 11 aromatic carbocycles. The third kappa shape index (κ3) is 5.38. The van der Waals surface area contributed by atoms with Gasteiger partial charge in [-0.1, -0.05) is 206 Å². The van der Waals surface area contributed by atoms with Crippen molar-refractivity contribution in [2.75, 3.05) is 4.90 Å². The zero-order valence-electron chi connectivity index (χ0n) is 35.1. The molecule has 0 aliphatic heterocycles. The second kappa shape index (κ2) is 14.4. The molecular formula is C63H41N. The lowest BCUT2D eigenvalue weighted by atomic mass is 9.70. The first-order valence-electron chi connectivity index (χ1n) is 22.3. The van der Waals surface area contributed by atoms with Crippen LogP contribution in [0, 0.1) is 0 Å². The molecule has 11 aromatic rings. The fourth-order valence-electron chi connectivity index (χ4n) is 11.1. The maximum Gasteiger partial charge on any atom is 0.0726 e. The SMILES string of the molecule is c1ccc(-c2cc(-c3ccccc3)cc(-c3ccc(N(c4cccc5c4-c4ccccc4C54c5ccccc5-c5ccccc54)c4cccc5ccc6ccccc6c45)cc3)c2)cc1. The van der Waals surface area contributed by atoms with Crippen molar-refractivity contribution in [2.24, 2.45) is 0 Å². The lowest BCUT2D eigenvalue weighted by Gasteiger charge is -2.32. The highest BCUT2D eigenvalue weighted by molar-refractivity contribution is 6.16. The molecule has 2 aliphatic rings. The van der Waals surface area contributed by atoms with Gasteiger partial charge in [-0.15, -0.1) is 0 Å². The molecule has 1 spiro atoms. The van der Waals surface area contributed by atoms with Gasteiger partial charge in [-0.3, -0.25) is 0 Å². The fraction of sp³-hybridized carbons (Fsp3) is 0.0159. The third-order valence-corrected chi connectivity index (χ3v) is 13.8. The largest absolute Gasteiger partial charge is 0.309 e. The summed E-state index contributed by atoms with van der Waals surface area (Å²) < 4.78 is 0. The molecule has 1 heteroatoms. The van der Waals surface area contributed by atoms with E-state index in [0.29, 0.717) is 0 Å². The maximum absolute atomic E-state index is 2.54. The second-order valence-corrected chi connectivity index (χ2v) is 17.2. The lowest BCUT2D eigenvalue weighted by molar-refractivity contribution is 0.794. The van der Waals surface area contributed by atoms with Crippen LogP contribution in [0.2, 0.25) is 0 Å². The summed E-state index contributed by atoms with van der Waals surface area (Å²) in [6.45, 7) is 0. The van der Waals surface area contributed by atoms with E-state index in [9.17, 15) is 0 Å². The summed E-state index contributed by atoms with van der Waals surface area (Å²) in [6, 6.07) is 92.1. The summed E-state index contributed by atoms with van der Waals surface area (Å²) in [5.74, 6) is 0. The van der Waals surface area contributed by atoms with Crippen LogP contribution in [0.25, 0.3) is 77.2 Å². The van der Waals surface area contributed by atoms with Gasteiger partial charge in [0.05, 0.1) is 16.8 Å². The molecule has 0 aromatic heterocycles. The Balaban J connectivity index is 1.06. The van der Waals surface area contributed by atoms with Crippen molar-refractivity contribution in [1.82, 2.24) is 0 Å². The molecule has 0 atom stereocenters. The van der Waals surface area contributed by atoms with Crippen LogP contribution >= 0.6 is 0 Å². The zero-order valence-corrected chi connectivity index (χ0v) is 35.1. The molecule has 0 radical (unpaired) electrons. The number of benzene rings is 11. The van der Waals surface area contributed by atoms with E-state index in [1.165, 1.54) is 99.4 Å². The lowest BCUT2D eigenvalue weighted by Crippen LogP contribution is -2.26. The molecule has 0 saturated carbocycles. The van der Waals surface area contributed by atoms with Crippen molar-refractivity contribution < 1.29 is 0 Å². The Kier molecular flexibility index (Phi) is 8.20. The number of hydrogen-bond acceptors (Lipinski definition) is 1. The molecular weight excluding hydrogens is 771 g/mol. The van der Waals surface area contributed by atoms with Crippen LogP contribution in [0.4, 0.5) is 17.1 Å². The second-order valence-electron chi connectivity index (χ2n) is 17.2. The Hall–Kier alpha value is -8.26. The van der Waals surface area contributed by atoms with Gasteiger partial charge in [-0.2, -0.15) is 0 Å². The minimum atomic E-state index is -0.448. The van der Waals surface area contributed by atoms with Crippen molar-refractivity contribution in [1.29, 1.82) is 0 Å². The van der Waals surface area contributed by atoms with Crippen LogP contribution in [0.3, 0.4) is 0 Å². The number of anilines is 3. The zero-order chi connectivity index (χ0) is 42.2. The Morgan fingerprint density at radius 1 is 0.281 bits per heavy atom. The predicted octanol–water partition coefficient (Wildman–Crippen LogP) is 16.8. The molecule has 13 rings (SSSR count). The van der Waals surface area contributed by atoms with Crippen LogP contribution in [0.1, 0.15) is 22.3 Å². The highest BCUT2D eigenvalue weighted by atomic mass is 15.1. The number of rotatable bonds is 6. The van der Waals surface area contributed by atoms with E-state index in [4.69, 9.17) is 0 Å². The van der Waals surface area contributed by atoms with Gasteiger partial charge in [0.25, 0.3) is 0 Å². The van der Waals surface area contributed by atoms with Crippen molar-refractivity contribution in [3.63, 3.8) is 0 Å². The molecule has 2 aliphatic carbocycles. The van der Waals surface area contributed by atoms with Gasteiger partial charge in [-0.25, -0.2) is 0 Å². The van der Waals surface area contributed by atoms with Crippen LogP contribution < -0.4 is 4.90 Å². The molecule has 0 heterocycles. The van der Waals surface area contributed by atoms with Crippen LogP contribution in [-0.4, -0.2) is 0 Å². The highest BCUT2D eigenvalue weighted by Crippen LogP contribution is 2.64. The van der Waals surface area contributed by atoms with Crippen molar-refractivity contribution in [3.8, 4) is 55.6 Å². The Morgan fingerprint density at radius 2 is 0.734 bits per heavy atom. The quantitative estimate of drug-likeness (QED) is 0.151. The summed E-state index contributed by atoms with van der Waals surface area (Å²) in [4.78, 5) is 2.54. The van der Waals surface area contributed by atoms with Gasteiger partial charge in [0, 0.05) is 16.6 Å². The van der Waals surface area contributed by atoms with Crippen LogP contribution in [0.15, 0.2) is 249 Å². The smallest absolute Gasteiger partial charge is 0.0726 e. The molecule has 0 saturated heterocycles. The first-order valence-corrected chi connectivity index (χ1v) is 22.3. The fourth-order valence-corrected chi connectivity index (χ4v) is 11.1. The van der Waals surface area contributed by atoms with Crippen molar-refractivity contribution >= 4 is 38.6 Å². The van der Waals surface area contributed by atoms with E-state index in [0.717, 1.165) is 17.1 Å². The van der Waals surface area contributed by atoms with Gasteiger partial charge in [0.15, 0.2) is 0 Å². The van der Waals surface area contributed by atoms with E-state index in [2.05, 4.69) is 254 Å². The Morgan fingerprint density at radius 3 is 1.38 bits per heavy atom. The van der Waals surface area contributed by atoms with Crippen LogP contribution in [0.5, 0.6) is 0 Å². The molecule has 298 valence electrons. The summed E-state index contributed by atoms with van der Waals surface area (Å²) >= 11 is 0. The minimum absolute atomic E-state index is 0.448. The maximum atomic E-state index is 2.54. The van der Waals surface area contributed by atoms with Crippen molar-refractivity contribution in [3.05, 3.63) is 271 Å². The molecule has 64 heavy (non-hydrogen) atoms. The predicted molar refractivity (Wildman–Crippen MR) is 269 cm³/mol. The molecule has 0 bridgehead atoms. The van der Waals surface area contributed by atoms with Gasteiger partial charge < -0.3 is 4.90 Å². The minimum Gasteiger partial charge on any atom is -0.309 e. The van der Waals surface area contributed by atoms with E-state index in [-0.39, 0.29) is 0 Å². The first-order chi connectivity index (χ1) is 31.8. The Labute approximate surface area is 373 Å². The highest BCUT2D eigenvalue weighted by Gasteiger charge is 2.52. The summed E-state index contributed by atoms with van der Waals surface area (Å²) in [5, 5.41) is 4.92. The van der Waals surface area contributed by atoms with E-state index < -0.39 is 5.41 Å². The summed E-state index contributed by atoms with van der Waals surface area (Å²) in [5.41, 5.74) is 20.7. The Bertz CT molecular complexity index is 3500. The normalized spacial score (nSPS) is 12.8. The van der Waals surface area contributed by atoms with E-state index in [1.54, 1.807) is 0 Å². The van der Waals surface area contributed by atoms with Crippen LogP contribution in [-0.2, 0) is 5.41 Å². The van der Waals surface area contributed by atoms with E-state index >= 15 is 0 Å². The number of hydrogen-bond donors (Lipinski definition) is 0. The average Bonchev–Trinajstić information content (AvgIpc) is 3.85. The topological polar surface area (TPSA) is 3.24 Å². The molecule has 0 fully saturated rings. The van der Waals surface area contributed by atoms with E-state index in [1.807, 2.05) is 0 Å². The van der Waals surface area contributed by atoms with Gasteiger partial charge in [0.2, 0.25) is 0 Å². The van der Waals surface area contributed by atoms with Gasteiger partial charge in [0.1, 0.15) is 0 Å². The van der Waals surface area contributed by atoms with Crippen molar-refractivity contribution in [2.45, 2.75) is 5.41 Å². The van der Waals surface area contributed by atoms with Gasteiger partial charge >= 0.3 is 0 Å². The molecule has 0 N–H and O–H groups in total. The number of fused-ring (bicyclic) bond motifs is 13. The molecule has 0 amide bonds. The summed E-state index contributed by atoms with van der Waals surface area (Å²) in [7, 11) is 0. The standard InChI is InChI=1S/C63H41N/c1-3-17-42(18-4-1)47-39-48(43-19-5-2-6-20-43)41-49(40-47)44-35-37-50(38-36-44)64(59-31-15-22-46-34-33-45-21-7-8-23-51(45)61(46)59)60-32-16-30-58-62(60)54-26-11-14-29-57(54)63(58)55-27-12-9-24-52(55)53-25-10-13-28-56(53)63/h1-41H.